The van der Waals surface area contributed by atoms with Crippen LogP contribution in [0.3, 0.4) is 0 Å². The lowest BCUT2D eigenvalue weighted by atomic mass is 10.0. The summed E-state index contributed by atoms with van der Waals surface area (Å²) in [5.41, 5.74) is 1.84. The van der Waals surface area contributed by atoms with E-state index in [4.69, 9.17) is 9.47 Å². The molecule has 2 rings (SSSR count). The average Bonchev–Trinajstić information content (AvgIpc) is 2.88. The Kier molecular flexibility index (Phi) is 5.52. The molecule has 2 unspecified atom stereocenters. The first-order valence-corrected chi connectivity index (χ1v) is 6.94. The SMILES string of the molecule is CCNC1COCC1C(=O)Nc1cccc(COC)c1. The summed E-state index contributed by atoms with van der Waals surface area (Å²) in [7, 11) is 1.65. The Morgan fingerprint density at radius 3 is 3.05 bits per heavy atom. The second-order valence-electron chi connectivity index (χ2n) is 4.93. The van der Waals surface area contributed by atoms with Gasteiger partial charge in [-0.3, -0.25) is 4.79 Å². The largest absolute Gasteiger partial charge is 0.380 e. The number of ether oxygens (including phenoxy) is 2. The molecule has 2 N–H and O–H groups in total. The van der Waals surface area contributed by atoms with Gasteiger partial charge < -0.3 is 20.1 Å². The summed E-state index contributed by atoms with van der Waals surface area (Å²) in [5, 5.41) is 6.24. The Morgan fingerprint density at radius 2 is 2.30 bits per heavy atom. The zero-order chi connectivity index (χ0) is 14.4. The molecular formula is C15H22N2O3. The maximum atomic E-state index is 12.3. The summed E-state index contributed by atoms with van der Waals surface area (Å²) < 4.78 is 10.5. The highest BCUT2D eigenvalue weighted by molar-refractivity contribution is 5.93. The van der Waals surface area contributed by atoms with Gasteiger partial charge in [0, 0.05) is 18.8 Å². The zero-order valence-corrected chi connectivity index (χ0v) is 12.0. The van der Waals surface area contributed by atoms with Crippen LogP contribution in [0.25, 0.3) is 0 Å². The molecule has 0 aromatic heterocycles. The third kappa shape index (κ3) is 3.79. The summed E-state index contributed by atoms with van der Waals surface area (Å²) in [5.74, 6) is -0.135. The highest BCUT2D eigenvalue weighted by atomic mass is 16.5. The molecule has 5 heteroatoms. The van der Waals surface area contributed by atoms with E-state index in [2.05, 4.69) is 10.6 Å². The second kappa shape index (κ2) is 7.38. The monoisotopic (exact) mass is 278 g/mol. The van der Waals surface area contributed by atoms with Gasteiger partial charge >= 0.3 is 0 Å². The number of hydrogen-bond donors (Lipinski definition) is 2. The van der Waals surface area contributed by atoms with Crippen molar-refractivity contribution >= 4 is 11.6 Å². The predicted octanol–water partition coefficient (Wildman–Crippen LogP) is 1.40. The third-order valence-corrected chi connectivity index (χ3v) is 3.39. The number of carbonyl (C=O) groups is 1. The molecule has 0 radical (unpaired) electrons. The fourth-order valence-electron chi connectivity index (χ4n) is 2.42. The van der Waals surface area contributed by atoms with Crippen LogP contribution in [0.15, 0.2) is 24.3 Å². The summed E-state index contributed by atoms with van der Waals surface area (Å²) in [6.45, 7) is 4.47. The van der Waals surface area contributed by atoms with Crippen LogP contribution in [0.4, 0.5) is 5.69 Å². The summed E-state index contributed by atoms with van der Waals surface area (Å²) in [6.07, 6.45) is 0. The van der Waals surface area contributed by atoms with Gasteiger partial charge in [0.15, 0.2) is 0 Å². The lowest BCUT2D eigenvalue weighted by Gasteiger charge is -2.18. The van der Waals surface area contributed by atoms with E-state index in [1.54, 1.807) is 7.11 Å². The Morgan fingerprint density at radius 1 is 1.45 bits per heavy atom. The highest BCUT2D eigenvalue weighted by Gasteiger charge is 2.33. The lowest BCUT2D eigenvalue weighted by molar-refractivity contribution is -0.120. The molecule has 1 aromatic rings. The molecule has 0 aliphatic carbocycles. The van der Waals surface area contributed by atoms with Gasteiger partial charge in [0.25, 0.3) is 0 Å². The van der Waals surface area contributed by atoms with Crippen LogP contribution < -0.4 is 10.6 Å². The first kappa shape index (κ1) is 15.0. The van der Waals surface area contributed by atoms with E-state index in [0.717, 1.165) is 17.8 Å². The number of rotatable bonds is 6. The minimum Gasteiger partial charge on any atom is -0.380 e. The quantitative estimate of drug-likeness (QED) is 0.825. The summed E-state index contributed by atoms with van der Waals surface area (Å²) in [6, 6.07) is 7.80. The first-order valence-electron chi connectivity index (χ1n) is 6.94. The van der Waals surface area contributed by atoms with Gasteiger partial charge in [-0.1, -0.05) is 19.1 Å². The highest BCUT2D eigenvalue weighted by Crippen LogP contribution is 2.18. The number of amides is 1. The van der Waals surface area contributed by atoms with Gasteiger partial charge in [-0.2, -0.15) is 0 Å². The van der Waals surface area contributed by atoms with Crippen LogP contribution >= 0.6 is 0 Å². The Balaban J connectivity index is 1.98. The fraction of sp³-hybridized carbons (Fsp3) is 0.533. The molecule has 20 heavy (non-hydrogen) atoms. The molecule has 1 amide bonds. The molecule has 5 nitrogen and oxygen atoms in total. The maximum Gasteiger partial charge on any atom is 0.231 e. The van der Waals surface area contributed by atoms with Crippen molar-refractivity contribution in [3.63, 3.8) is 0 Å². The fourth-order valence-corrected chi connectivity index (χ4v) is 2.42. The van der Waals surface area contributed by atoms with E-state index in [1.165, 1.54) is 0 Å². The third-order valence-electron chi connectivity index (χ3n) is 3.39. The van der Waals surface area contributed by atoms with Crippen molar-refractivity contribution < 1.29 is 14.3 Å². The molecule has 0 spiro atoms. The van der Waals surface area contributed by atoms with E-state index in [9.17, 15) is 4.79 Å². The van der Waals surface area contributed by atoms with Gasteiger partial charge in [0.1, 0.15) is 0 Å². The standard InChI is InChI=1S/C15H22N2O3/c1-3-16-14-10-20-9-13(14)15(18)17-12-6-4-5-11(7-12)8-19-2/h4-7,13-14,16H,3,8-10H2,1-2H3,(H,17,18). The van der Waals surface area contributed by atoms with Crippen LogP contribution in [0.5, 0.6) is 0 Å². The molecule has 1 saturated heterocycles. The minimum absolute atomic E-state index is 0.00279. The van der Waals surface area contributed by atoms with Gasteiger partial charge in [0.2, 0.25) is 5.91 Å². The molecule has 1 heterocycles. The Bertz CT molecular complexity index is 450. The number of carbonyl (C=O) groups excluding carboxylic acids is 1. The number of nitrogens with one attached hydrogen (secondary N) is 2. The van der Waals surface area contributed by atoms with Crippen molar-refractivity contribution in [3.8, 4) is 0 Å². The van der Waals surface area contributed by atoms with Crippen LogP contribution in [-0.4, -0.2) is 38.8 Å². The van der Waals surface area contributed by atoms with E-state index in [-0.39, 0.29) is 17.9 Å². The van der Waals surface area contributed by atoms with Crippen molar-refractivity contribution in [2.24, 2.45) is 5.92 Å². The molecule has 2 atom stereocenters. The molecule has 1 fully saturated rings. The summed E-state index contributed by atoms with van der Waals surface area (Å²) >= 11 is 0. The van der Waals surface area contributed by atoms with Crippen LogP contribution in [0.1, 0.15) is 12.5 Å². The number of anilines is 1. The summed E-state index contributed by atoms with van der Waals surface area (Å²) in [4.78, 5) is 12.3. The average molecular weight is 278 g/mol. The van der Waals surface area contributed by atoms with E-state index in [1.807, 2.05) is 31.2 Å². The minimum atomic E-state index is -0.138. The van der Waals surface area contributed by atoms with Crippen LogP contribution in [-0.2, 0) is 20.9 Å². The van der Waals surface area contributed by atoms with Crippen molar-refractivity contribution in [1.29, 1.82) is 0 Å². The van der Waals surface area contributed by atoms with Crippen LogP contribution in [0, 0.1) is 5.92 Å². The number of hydrogen-bond acceptors (Lipinski definition) is 4. The molecule has 0 saturated carbocycles. The van der Waals surface area contributed by atoms with Gasteiger partial charge in [0.05, 0.1) is 25.7 Å². The normalized spacial score (nSPS) is 21.9. The second-order valence-corrected chi connectivity index (χ2v) is 4.93. The molecule has 1 aliphatic heterocycles. The topological polar surface area (TPSA) is 59.6 Å². The lowest BCUT2D eigenvalue weighted by Crippen LogP contribution is -2.41. The molecule has 110 valence electrons. The predicted molar refractivity (Wildman–Crippen MR) is 77.6 cm³/mol. The zero-order valence-electron chi connectivity index (χ0n) is 12.0. The molecule has 1 aromatic carbocycles. The van der Waals surface area contributed by atoms with Gasteiger partial charge in [-0.15, -0.1) is 0 Å². The van der Waals surface area contributed by atoms with Gasteiger partial charge in [-0.05, 0) is 24.2 Å². The van der Waals surface area contributed by atoms with Crippen molar-refractivity contribution in [2.45, 2.75) is 19.6 Å². The molecule has 1 aliphatic rings. The van der Waals surface area contributed by atoms with E-state index in [0.29, 0.717) is 19.8 Å². The van der Waals surface area contributed by atoms with Crippen molar-refractivity contribution in [3.05, 3.63) is 29.8 Å². The molecule has 0 bridgehead atoms. The van der Waals surface area contributed by atoms with E-state index >= 15 is 0 Å². The Hall–Kier alpha value is -1.43. The number of likely N-dealkylation sites (N-methyl/N-ethyl adjacent to an activating group) is 1. The van der Waals surface area contributed by atoms with Gasteiger partial charge in [-0.25, -0.2) is 0 Å². The number of methoxy groups -OCH3 is 1. The molecular weight excluding hydrogens is 256 g/mol. The Labute approximate surface area is 119 Å². The smallest absolute Gasteiger partial charge is 0.231 e. The first-order chi connectivity index (χ1) is 9.74. The van der Waals surface area contributed by atoms with Crippen molar-refractivity contribution in [1.82, 2.24) is 5.32 Å². The van der Waals surface area contributed by atoms with Crippen LogP contribution in [0.2, 0.25) is 0 Å². The maximum absolute atomic E-state index is 12.3. The van der Waals surface area contributed by atoms with Crippen molar-refractivity contribution in [2.75, 3.05) is 32.2 Å². The van der Waals surface area contributed by atoms with E-state index < -0.39 is 0 Å². The number of benzene rings is 1.